The van der Waals surface area contributed by atoms with Crippen LogP contribution in [0.25, 0.3) is 0 Å². The van der Waals surface area contributed by atoms with Crippen LogP contribution in [0.1, 0.15) is 11.1 Å². The predicted octanol–water partition coefficient (Wildman–Crippen LogP) is 2.33. The highest BCUT2D eigenvalue weighted by molar-refractivity contribution is 5.80. The summed E-state index contributed by atoms with van der Waals surface area (Å²) in [5.41, 5.74) is 2.85. The molecule has 1 fully saturated rings. The minimum absolute atomic E-state index is 0.177. The molecule has 142 valence electrons. The van der Waals surface area contributed by atoms with E-state index in [0.29, 0.717) is 6.54 Å². The minimum Gasteiger partial charge on any atom is -0.386 e. The molecule has 0 atom stereocenters. The maximum Gasteiger partial charge on any atom is 0.261 e. The SMILES string of the molecule is O=C(CON=Cc1ccc(N2CCOCC2)cc1)NCc1ccc(F)cc1. The standard InChI is InChI=1S/C20H22FN3O3/c21-18-5-1-16(2-6-18)13-22-20(25)15-27-23-14-17-3-7-19(8-4-17)24-9-11-26-12-10-24/h1-8,14H,9-13,15H2,(H,22,25). The number of ether oxygens (including phenoxy) is 1. The average molecular weight is 371 g/mol. The van der Waals surface area contributed by atoms with Gasteiger partial charge in [0.25, 0.3) is 5.91 Å². The Morgan fingerprint density at radius 2 is 1.85 bits per heavy atom. The number of halogens is 1. The zero-order valence-corrected chi connectivity index (χ0v) is 14.9. The molecule has 0 aromatic heterocycles. The average Bonchev–Trinajstić information content (AvgIpc) is 2.72. The highest BCUT2D eigenvalue weighted by Gasteiger charge is 2.10. The van der Waals surface area contributed by atoms with Gasteiger partial charge in [-0.25, -0.2) is 4.39 Å². The Morgan fingerprint density at radius 3 is 2.56 bits per heavy atom. The smallest absolute Gasteiger partial charge is 0.261 e. The van der Waals surface area contributed by atoms with E-state index in [9.17, 15) is 9.18 Å². The lowest BCUT2D eigenvalue weighted by Gasteiger charge is -2.28. The molecule has 1 saturated heterocycles. The number of rotatable bonds is 7. The number of hydrogen-bond donors (Lipinski definition) is 1. The first-order valence-corrected chi connectivity index (χ1v) is 8.80. The number of nitrogens with zero attached hydrogens (tertiary/aromatic N) is 2. The molecule has 7 heteroatoms. The molecule has 3 rings (SSSR count). The summed E-state index contributed by atoms with van der Waals surface area (Å²) in [7, 11) is 0. The number of hydrogen-bond acceptors (Lipinski definition) is 5. The molecule has 1 amide bonds. The van der Waals surface area contributed by atoms with Crippen LogP contribution in [0.5, 0.6) is 0 Å². The molecule has 1 heterocycles. The van der Waals surface area contributed by atoms with E-state index >= 15 is 0 Å². The maximum absolute atomic E-state index is 12.8. The molecule has 27 heavy (non-hydrogen) atoms. The highest BCUT2D eigenvalue weighted by atomic mass is 19.1. The van der Waals surface area contributed by atoms with E-state index in [1.54, 1.807) is 18.3 Å². The lowest BCUT2D eigenvalue weighted by Crippen LogP contribution is -2.36. The fraction of sp³-hybridized carbons (Fsp3) is 0.300. The van der Waals surface area contributed by atoms with Crippen molar-refractivity contribution in [3.63, 3.8) is 0 Å². The Bertz CT molecular complexity index is 757. The van der Waals surface area contributed by atoms with Gasteiger partial charge in [0.1, 0.15) is 5.82 Å². The molecule has 0 saturated carbocycles. The first kappa shape index (κ1) is 18.8. The van der Waals surface area contributed by atoms with Crippen LogP contribution in [0.15, 0.2) is 53.7 Å². The number of benzene rings is 2. The monoisotopic (exact) mass is 371 g/mol. The van der Waals surface area contributed by atoms with E-state index < -0.39 is 0 Å². The maximum atomic E-state index is 12.8. The third kappa shape index (κ3) is 6.07. The molecule has 6 nitrogen and oxygen atoms in total. The molecule has 2 aromatic rings. The second-order valence-corrected chi connectivity index (χ2v) is 6.10. The van der Waals surface area contributed by atoms with E-state index in [1.807, 2.05) is 24.3 Å². The summed E-state index contributed by atoms with van der Waals surface area (Å²) in [5.74, 6) is -0.597. The predicted molar refractivity (Wildman–Crippen MR) is 101 cm³/mol. The largest absolute Gasteiger partial charge is 0.386 e. The van der Waals surface area contributed by atoms with Crippen LogP contribution in [-0.4, -0.2) is 45.0 Å². The zero-order chi connectivity index (χ0) is 18.9. The number of carbonyl (C=O) groups is 1. The van der Waals surface area contributed by atoms with E-state index in [4.69, 9.17) is 9.57 Å². The van der Waals surface area contributed by atoms with Crippen LogP contribution in [0.2, 0.25) is 0 Å². The van der Waals surface area contributed by atoms with Crippen molar-refractivity contribution in [1.82, 2.24) is 5.32 Å². The topological polar surface area (TPSA) is 63.2 Å². The van der Waals surface area contributed by atoms with Crippen molar-refractivity contribution in [2.75, 3.05) is 37.8 Å². The normalized spacial score (nSPS) is 14.3. The fourth-order valence-electron chi connectivity index (χ4n) is 2.64. The number of anilines is 1. The van der Waals surface area contributed by atoms with Crippen LogP contribution >= 0.6 is 0 Å². The number of amides is 1. The van der Waals surface area contributed by atoms with Gasteiger partial charge in [0, 0.05) is 25.3 Å². The van der Waals surface area contributed by atoms with Crippen molar-refractivity contribution in [2.45, 2.75) is 6.54 Å². The van der Waals surface area contributed by atoms with Gasteiger partial charge in [0.05, 0.1) is 19.4 Å². The Kier molecular flexibility index (Phi) is 6.76. The Balaban J connectivity index is 1.38. The summed E-state index contributed by atoms with van der Waals surface area (Å²) in [6, 6.07) is 13.9. The highest BCUT2D eigenvalue weighted by Crippen LogP contribution is 2.16. The first-order chi connectivity index (χ1) is 13.2. The van der Waals surface area contributed by atoms with Crippen molar-refractivity contribution in [3.8, 4) is 0 Å². The molecule has 0 bridgehead atoms. The Hall–Kier alpha value is -2.93. The van der Waals surface area contributed by atoms with Crippen molar-refractivity contribution in [2.24, 2.45) is 5.16 Å². The van der Waals surface area contributed by atoms with Gasteiger partial charge in [0.2, 0.25) is 0 Å². The second-order valence-electron chi connectivity index (χ2n) is 6.10. The quantitative estimate of drug-likeness (QED) is 0.599. The summed E-state index contributed by atoms with van der Waals surface area (Å²) >= 11 is 0. The molecule has 0 radical (unpaired) electrons. The molecule has 1 N–H and O–H groups in total. The molecule has 0 unspecified atom stereocenters. The Labute approximate surface area is 157 Å². The molecule has 0 aliphatic carbocycles. The lowest BCUT2D eigenvalue weighted by atomic mass is 10.2. The van der Waals surface area contributed by atoms with Gasteiger partial charge in [-0.3, -0.25) is 4.79 Å². The summed E-state index contributed by atoms with van der Waals surface area (Å²) in [6.07, 6.45) is 1.57. The summed E-state index contributed by atoms with van der Waals surface area (Å²) in [5, 5.41) is 6.51. The zero-order valence-electron chi connectivity index (χ0n) is 14.9. The van der Waals surface area contributed by atoms with E-state index in [1.165, 1.54) is 12.1 Å². The number of nitrogens with one attached hydrogen (secondary N) is 1. The number of morpholine rings is 1. The van der Waals surface area contributed by atoms with Crippen LogP contribution in [0, 0.1) is 5.82 Å². The van der Waals surface area contributed by atoms with Crippen LogP contribution < -0.4 is 10.2 Å². The van der Waals surface area contributed by atoms with Gasteiger partial charge in [0.15, 0.2) is 6.61 Å². The van der Waals surface area contributed by atoms with Gasteiger partial charge in [-0.1, -0.05) is 29.4 Å². The van der Waals surface area contributed by atoms with E-state index in [0.717, 1.165) is 43.1 Å². The van der Waals surface area contributed by atoms with Crippen molar-refractivity contribution >= 4 is 17.8 Å². The first-order valence-electron chi connectivity index (χ1n) is 8.80. The van der Waals surface area contributed by atoms with Gasteiger partial charge < -0.3 is 19.8 Å². The third-order valence-corrected chi connectivity index (χ3v) is 4.14. The molecule has 1 aliphatic rings. The number of carbonyl (C=O) groups excluding carboxylic acids is 1. The molecular formula is C20H22FN3O3. The van der Waals surface area contributed by atoms with Gasteiger partial charge >= 0.3 is 0 Å². The van der Waals surface area contributed by atoms with Gasteiger partial charge in [-0.05, 0) is 35.4 Å². The Morgan fingerprint density at radius 1 is 1.15 bits per heavy atom. The van der Waals surface area contributed by atoms with Crippen molar-refractivity contribution < 1.29 is 18.8 Å². The lowest BCUT2D eigenvalue weighted by molar-refractivity contribution is -0.125. The van der Waals surface area contributed by atoms with E-state index in [-0.39, 0.29) is 18.3 Å². The summed E-state index contributed by atoms with van der Waals surface area (Å²) in [4.78, 5) is 19.0. The molecular weight excluding hydrogens is 349 g/mol. The number of oxime groups is 1. The van der Waals surface area contributed by atoms with Gasteiger partial charge in [-0.2, -0.15) is 0 Å². The van der Waals surface area contributed by atoms with Crippen LogP contribution in [0.4, 0.5) is 10.1 Å². The summed E-state index contributed by atoms with van der Waals surface area (Å²) in [6.45, 7) is 3.42. The van der Waals surface area contributed by atoms with E-state index in [2.05, 4.69) is 15.4 Å². The second kappa shape index (κ2) is 9.68. The van der Waals surface area contributed by atoms with Crippen molar-refractivity contribution in [3.05, 3.63) is 65.5 Å². The van der Waals surface area contributed by atoms with Crippen LogP contribution in [0.3, 0.4) is 0 Å². The van der Waals surface area contributed by atoms with Crippen LogP contribution in [-0.2, 0) is 20.9 Å². The van der Waals surface area contributed by atoms with Gasteiger partial charge in [-0.15, -0.1) is 0 Å². The fourth-order valence-corrected chi connectivity index (χ4v) is 2.64. The minimum atomic E-state index is -0.305. The molecule has 1 aliphatic heterocycles. The summed E-state index contributed by atoms with van der Waals surface area (Å²) < 4.78 is 18.2. The molecule has 2 aromatic carbocycles. The third-order valence-electron chi connectivity index (χ3n) is 4.14. The van der Waals surface area contributed by atoms with Crippen molar-refractivity contribution in [1.29, 1.82) is 0 Å². The molecule has 0 spiro atoms.